The molecule has 3 atom stereocenters. The van der Waals surface area contributed by atoms with Crippen molar-refractivity contribution in [3.05, 3.63) is 0 Å². The van der Waals surface area contributed by atoms with E-state index in [0.717, 1.165) is 32.0 Å². The molecule has 5 nitrogen and oxygen atoms in total. The molecule has 2 amide bonds. The second-order valence-electron chi connectivity index (χ2n) is 6.17. The van der Waals surface area contributed by atoms with Crippen molar-refractivity contribution in [1.29, 1.82) is 0 Å². The van der Waals surface area contributed by atoms with Gasteiger partial charge >= 0.3 is 12.0 Å². The normalized spacial score (nSPS) is 29.4. The Bertz CT molecular complexity index is 359. The zero-order chi connectivity index (χ0) is 14.0. The molecule has 1 aliphatic carbocycles. The van der Waals surface area contributed by atoms with Gasteiger partial charge in [-0.3, -0.25) is 4.79 Å². The number of carboxylic acid groups (broad SMARTS) is 1. The summed E-state index contributed by atoms with van der Waals surface area (Å²) in [5.74, 6) is 1.05. The Morgan fingerprint density at radius 1 is 1.42 bits per heavy atom. The van der Waals surface area contributed by atoms with Gasteiger partial charge in [-0.15, -0.1) is 0 Å². The number of likely N-dealkylation sites (tertiary alicyclic amines) is 1. The lowest BCUT2D eigenvalue weighted by atomic mass is 10.0. The predicted octanol–water partition coefficient (Wildman–Crippen LogP) is 1.88. The fraction of sp³-hybridized carbons (Fsp3) is 0.857. The molecule has 0 radical (unpaired) electrons. The molecule has 1 saturated heterocycles. The molecular weight excluding hydrogens is 244 g/mol. The largest absolute Gasteiger partial charge is 0.481 e. The number of carbonyl (C=O) groups is 2. The van der Waals surface area contributed by atoms with Gasteiger partial charge in [-0.2, -0.15) is 0 Å². The van der Waals surface area contributed by atoms with Gasteiger partial charge in [0.2, 0.25) is 0 Å². The molecule has 3 unspecified atom stereocenters. The molecule has 0 spiro atoms. The molecule has 0 bridgehead atoms. The highest BCUT2D eigenvalue weighted by molar-refractivity contribution is 5.74. The van der Waals surface area contributed by atoms with Crippen LogP contribution in [0, 0.1) is 17.8 Å². The SMILES string of the molecule is CC1CC1CN(C)C(=O)N1CCC(CCC(=O)O)C1. The van der Waals surface area contributed by atoms with E-state index in [0.29, 0.717) is 18.3 Å². The van der Waals surface area contributed by atoms with Crippen molar-refractivity contribution in [1.82, 2.24) is 9.80 Å². The number of carbonyl (C=O) groups excluding carboxylic acids is 1. The van der Waals surface area contributed by atoms with E-state index in [2.05, 4.69) is 6.92 Å². The summed E-state index contributed by atoms with van der Waals surface area (Å²) in [5.41, 5.74) is 0. The summed E-state index contributed by atoms with van der Waals surface area (Å²) in [6.45, 7) is 4.57. The van der Waals surface area contributed by atoms with Crippen molar-refractivity contribution in [2.75, 3.05) is 26.7 Å². The number of hydrogen-bond donors (Lipinski definition) is 1. The maximum atomic E-state index is 12.2. The standard InChI is InChI=1S/C14H24N2O3/c1-10-7-12(10)9-15(2)14(19)16-6-5-11(8-16)3-4-13(17)18/h10-12H,3-9H2,1-2H3,(H,17,18). The maximum absolute atomic E-state index is 12.2. The van der Waals surface area contributed by atoms with Crippen molar-refractivity contribution in [2.45, 2.75) is 32.6 Å². The smallest absolute Gasteiger partial charge is 0.319 e. The Balaban J connectivity index is 1.73. The minimum absolute atomic E-state index is 0.108. The van der Waals surface area contributed by atoms with Crippen LogP contribution in [0.3, 0.4) is 0 Å². The van der Waals surface area contributed by atoms with Gasteiger partial charge in [0.1, 0.15) is 0 Å². The van der Waals surface area contributed by atoms with Crippen LogP contribution in [-0.4, -0.2) is 53.6 Å². The molecule has 2 fully saturated rings. The molecule has 0 aromatic rings. The first-order valence-corrected chi connectivity index (χ1v) is 7.19. The lowest BCUT2D eigenvalue weighted by molar-refractivity contribution is -0.137. The Kier molecular flexibility index (Phi) is 4.32. The quantitative estimate of drug-likeness (QED) is 0.828. The summed E-state index contributed by atoms with van der Waals surface area (Å²) in [4.78, 5) is 26.5. The third-order valence-electron chi connectivity index (χ3n) is 4.43. The average Bonchev–Trinajstić information content (AvgIpc) is 2.88. The topological polar surface area (TPSA) is 60.9 Å². The van der Waals surface area contributed by atoms with Crippen LogP contribution in [0.4, 0.5) is 4.79 Å². The number of aliphatic carboxylic acids is 1. The van der Waals surface area contributed by atoms with Crippen LogP contribution in [0.25, 0.3) is 0 Å². The highest BCUT2D eigenvalue weighted by atomic mass is 16.4. The van der Waals surface area contributed by atoms with Crippen molar-refractivity contribution >= 4 is 12.0 Å². The third-order valence-corrected chi connectivity index (χ3v) is 4.43. The first kappa shape index (κ1) is 14.2. The van der Waals surface area contributed by atoms with E-state index in [1.807, 2.05) is 16.8 Å². The first-order valence-electron chi connectivity index (χ1n) is 7.19. The third kappa shape index (κ3) is 3.85. The summed E-state index contributed by atoms with van der Waals surface area (Å²) >= 11 is 0. The number of urea groups is 1. The Hall–Kier alpha value is -1.26. The molecule has 1 heterocycles. The van der Waals surface area contributed by atoms with Gasteiger partial charge in [0.15, 0.2) is 0 Å². The molecule has 1 N–H and O–H groups in total. The van der Waals surface area contributed by atoms with Crippen molar-refractivity contribution in [3.63, 3.8) is 0 Å². The fourth-order valence-corrected chi connectivity index (χ4v) is 2.89. The minimum atomic E-state index is -0.746. The predicted molar refractivity (Wildman–Crippen MR) is 71.8 cm³/mol. The Morgan fingerprint density at radius 3 is 2.68 bits per heavy atom. The zero-order valence-electron chi connectivity index (χ0n) is 11.8. The molecule has 0 aromatic heterocycles. The van der Waals surface area contributed by atoms with Crippen molar-refractivity contribution in [3.8, 4) is 0 Å². The molecule has 1 saturated carbocycles. The van der Waals surface area contributed by atoms with Gasteiger partial charge in [-0.25, -0.2) is 4.79 Å². The number of nitrogens with zero attached hydrogens (tertiary/aromatic N) is 2. The number of carboxylic acids is 1. The van der Waals surface area contributed by atoms with Gasteiger partial charge in [0, 0.05) is 33.1 Å². The maximum Gasteiger partial charge on any atom is 0.319 e. The number of hydrogen-bond acceptors (Lipinski definition) is 2. The number of rotatable bonds is 5. The molecule has 1 aliphatic heterocycles. The molecule has 2 aliphatic rings. The van der Waals surface area contributed by atoms with Crippen LogP contribution < -0.4 is 0 Å². The van der Waals surface area contributed by atoms with E-state index < -0.39 is 5.97 Å². The molecule has 2 rings (SSSR count). The average molecular weight is 268 g/mol. The summed E-state index contributed by atoms with van der Waals surface area (Å²) < 4.78 is 0. The highest BCUT2D eigenvalue weighted by Gasteiger charge is 2.36. The van der Waals surface area contributed by atoms with Crippen LogP contribution in [0.15, 0.2) is 0 Å². The molecule has 108 valence electrons. The van der Waals surface area contributed by atoms with Crippen LogP contribution >= 0.6 is 0 Å². The Morgan fingerprint density at radius 2 is 2.11 bits per heavy atom. The van der Waals surface area contributed by atoms with Gasteiger partial charge in [0.25, 0.3) is 0 Å². The highest BCUT2D eigenvalue weighted by Crippen LogP contribution is 2.38. The zero-order valence-corrected chi connectivity index (χ0v) is 11.8. The van der Waals surface area contributed by atoms with E-state index in [1.165, 1.54) is 6.42 Å². The Labute approximate surface area is 114 Å². The summed E-state index contributed by atoms with van der Waals surface area (Å²) in [5, 5.41) is 8.68. The lowest BCUT2D eigenvalue weighted by Gasteiger charge is -2.24. The van der Waals surface area contributed by atoms with Gasteiger partial charge < -0.3 is 14.9 Å². The second kappa shape index (κ2) is 5.80. The van der Waals surface area contributed by atoms with E-state index in [1.54, 1.807) is 0 Å². The second-order valence-corrected chi connectivity index (χ2v) is 6.17. The summed E-state index contributed by atoms with van der Waals surface area (Å²) in [7, 11) is 1.87. The van der Waals surface area contributed by atoms with Crippen molar-refractivity contribution < 1.29 is 14.7 Å². The monoisotopic (exact) mass is 268 g/mol. The molecule has 19 heavy (non-hydrogen) atoms. The summed E-state index contributed by atoms with van der Waals surface area (Å²) in [6.07, 6.45) is 3.07. The van der Waals surface area contributed by atoms with Crippen LogP contribution in [0.2, 0.25) is 0 Å². The molecule has 0 aromatic carbocycles. The van der Waals surface area contributed by atoms with Gasteiger partial charge in [-0.05, 0) is 37.0 Å². The molecule has 5 heteroatoms. The lowest BCUT2D eigenvalue weighted by Crippen LogP contribution is -2.40. The number of amides is 2. The van der Waals surface area contributed by atoms with E-state index in [9.17, 15) is 9.59 Å². The minimum Gasteiger partial charge on any atom is -0.481 e. The van der Waals surface area contributed by atoms with Gasteiger partial charge in [0.05, 0.1) is 0 Å². The summed E-state index contributed by atoms with van der Waals surface area (Å²) in [6, 6.07) is 0.108. The van der Waals surface area contributed by atoms with Gasteiger partial charge in [-0.1, -0.05) is 6.92 Å². The first-order chi connectivity index (χ1) is 8.97. The van der Waals surface area contributed by atoms with E-state index >= 15 is 0 Å². The van der Waals surface area contributed by atoms with Crippen LogP contribution in [0.5, 0.6) is 0 Å². The van der Waals surface area contributed by atoms with E-state index in [4.69, 9.17) is 5.11 Å². The van der Waals surface area contributed by atoms with Crippen molar-refractivity contribution in [2.24, 2.45) is 17.8 Å². The van der Waals surface area contributed by atoms with E-state index in [-0.39, 0.29) is 12.5 Å². The van der Waals surface area contributed by atoms with Crippen LogP contribution in [0.1, 0.15) is 32.6 Å². The molecular formula is C14H24N2O3. The fourth-order valence-electron chi connectivity index (χ4n) is 2.89. The van der Waals surface area contributed by atoms with Crippen LogP contribution in [-0.2, 0) is 4.79 Å².